The molecule has 0 radical (unpaired) electrons. The lowest BCUT2D eigenvalue weighted by Gasteiger charge is -2.11. The van der Waals surface area contributed by atoms with Gasteiger partial charge < -0.3 is 4.74 Å². The summed E-state index contributed by atoms with van der Waals surface area (Å²) in [7, 11) is 0. The minimum absolute atomic E-state index is 0.402. The average Bonchev–Trinajstić information content (AvgIpc) is 2.46. The quantitative estimate of drug-likeness (QED) is 0.765. The molecule has 0 aromatic heterocycles. The van der Waals surface area contributed by atoms with E-state index in [4.69, 9.17) is 10.00 Å². The Morgan fingerprint density at radius 1 is 1.26 bits per heavy atom. The van der Waals surface area contributed by atoms with Gasteiger partial charge in [0.15, 0.2) is 0 Å². The minimum atomic E-state index is 0.402. The van der Waals surface area contributed by atoms with Gasteiger partial charge in [0.05, 0.1) is 16.5 Å². The first-order valence-electron chi connectivity index (χ1n) is 5.69. The lowest BCUT2D eigenvalue weighted by Crippen LogP contribution is -1.99. The number of nitrogens with zero attached hydrogens (tertiary/aromatic N) is 1. The molecule has 0 heterocycles. The summed E-state index contributed by atoms with van der Waals surface area (Å²) in [6.07, 6.45) is 2.01. The van der Waals surface area contributed by atoms with E-state index in [0.717, 1.165) is 20.7 Å². The van der Waals surface area contributed by atoms with E-state index < -0.39 is 0 Å². The van der Waals surface area contributed by atoms with Crippen molar-refractivity contribution in [1.82, 2.24) is 0 Å². The summed E-state index contributed by atoms with van der Waals surface area (Å²) in [5.41, 5.74) is 1.56. The SMILES string of the molecule is CSc1cc(Br)ccc1OCc1ccccc1C#N. The van der Waals surface area contributed by atoms with Crippen molar-refractivity contribution in [3.05, 3.63) is 58.1 Å². The number of benzene rings is 2. The van der Waals surface area contributed by atoms with Gasteiger partial charge in [0.2, 0.25) is 0 Å². The van der Waals surface area contributed by atoms with E-state index in [1.807, 2.05) is 42.7 Å². The van der Waals surface area contributed by atoms with E-state index in [-0.39, 0.29) is 0 Å². The summed E-state index contributed by atoms with van der Waals surface area (Å²) in [6.45, 7) is 0.402. The van der Waals surface area contributed by atoms with Crippen molar-refractivity contribution in [3.8, 4) is 11.8 Å². The summed E-state index contributed by atoms with van der Waals surface area (Å²) >= 11 is 5.08. The third kappa shape index (κ3) is 3.52. The molecular weight excluding hydrogens is 322 g/mol. The highest BCUT2D eigenvalue weighted by molar-refractivity contribution is 9.10. The van der Waals surface area contributed by atoms with Crippen molar-refractivity contribution in [1.29, 1.82) is 5.26 Å². The monoisotopic (exact) mass is 333 g/mol. The number of hydrogen-bond donors (Lipinski definition) is 0. The van der Waals surface area contributed by atoms with Crippen LogP contribution in [0.25, 0.3) is 0 Å². The highest BCUT2D eigenvalue weighted by Gasteiger charge is 2.06. The van der Waals surface area contributed by atoms with Crippen molar-refractivity contribution >= 4 is 27.7 Å². The molecule has 0 aliphatic carbocycles. The van der Waals surface area contributed by atoms with Crippen LogP contribution in [-0.4, -0.2) is 6.26 Å². The first-order chi connectivity index (χ1) is 9.24. The van der Waals surface area contributed by atoms with E-state index in [9.17, 15) is 0 Å². The van der Waals surface area contributed by atoms with E-state index in [0.29, 0.717) is 12.2 Å². The Morgan fingerprint density at radius 2 is 2.05 bits per heavy atom. The third-order valence-corrected chi connectivity index (χ3v) is 3.90. The second kappa shape index (κ2) is 6.65. The molecule has 0 N–H and O–H groups in total. The van der Waals surface area contributed by atoms with Crippen LogP contribution >= 0.6 is 27.7 Å². The molecule has 0 spiro atoms. The van der Waals surface area contributed by atoms with E-state index in [1.54, 1.807) is 17.8 Å². The van der Waals surface area contributed by atoms with Crippen molar-refractivity contribution in [3.63, 3.8) is 0 Å². The zero-order valence-corrected chi connectivity index (χ0v) is 12.8. The van der Waals surface area contributed by atoms with Gasteiger partial charge in [-0.1, -0.05) is 34.1 Å². The second-order valence-corrected chi connectivity index (χ2v) is 5.62. The van der Waals surface area contributed by atoms with Gasteiger partial charge in [-0.25, -0.2) is 0 Å². The topological polar surface area (TPSA) is 33.0 Å². The summed E-state index contributed by atoms with van der Waals surface area (Å²) < 4.78 is 6.85. The largest absolute Gasteiger partial charge is 0.488 e. The zero-order valence-electron chi connectivity index (χ0n) is 10.4. The molecule has 0 bridgehead atoms. The zero-order chi connectivity index (χ0) is 13.7. The average molecular weight is 334 g/mol. The standard InChI is InChI=1S/C15H12BrNOS/c1-19-15-8-13(16)6-7-14(15)18-10-12-5-3-2-4-11(12)9-17/h2-8H,10H2,1H3. The molecule has 0 unspecified atom stereocenters. The Morgan fingerprint density at radius 3 is 2.79 bits per heavy atom. The summed E-state index contributed by atoms with van der Waals surface area (Å²) in [5, 5.41) is 9.04. The van der Waals surface area contributed by atoms with Crippen LogP contribution in [0.4, 0.5) is 0 Å². The maximum absolute atomic E-state index is 9.04. The Bertz CT molecular complexity index is 622. The molecule has 96 valence electrons. The molecule has 0 atom stereocenters. The van der Waals surface area contributed by atoms with E-state index in [1.165, 1.54) is 0 Å². The molecule has 2 aromatic carbocycles. The molecule has 0 saturated carbocycles. The van der Waals surface area contributed by atoms with Gasteiger partial charge >= 0.3 is 0 Å². The van der Waals surface area contributed by atoms with Crippen molar-refractivity contribution in [2.45, 2.75) is 11.5 Å². The number of halogens is 1. The number of hydrogen-bond acceptors (Lipinski definition) is 3. The summed E-state index contributed by atoms with van der Waals surface area (Å²) in [5.74, 6) is 0.837. The molecule has 0 aliphatic heterocycles. The molecule has 0 amide bonds. The van der Waals surface area contributed by atoms with E-state index >= 15 is 0 Å². The Balaban J connectivity index is 2.17. The Kier molecular flexibility index (Phi) is 4.89. The molecule has 2 nitrogen and oxygen atoms in total. The summed E-state index contributed by atoms with van der Waals surface area (Å²) in [6, 6.07) is 15.6. The number of ether oxygens (including phenoxy) is 1. The number of thioether (sulfide) groups is 1. The van der Waals surface area contributed by atoms with Gasteiger partial charge in [-0.15, -0.1) is 11.8 Å². The normalized spacial score (nSPS) is 9.95. The smallest absolute Gasteiger partial charge is 0.133 e. The van der Waals surface area contributed by atoms with Gasteiger partial charge in [-0.2, -0.15) is 5.26 Å². The van der Waals surface area contributed by atoms with Crippen molar-refractivity contribution in [2.75, 3.05) is 6.26 Å². The fourth-order valence-corrected chi connectivity index (χ4v) is 2.76. The highest BCUT2D eigenvalue weighted by Crippen LogP contribution is 2.31. The highest BCUT2D eigenvalue weighted by atomic mass is 79.9. The first kappa shape index (κ1) is 14.0. The first-order valence-corrected chi connectivity index (χ1v) is 7.70. The van der Waals surface area contributed by atoms with Crippen LogP contribution in [0, 0.1) is 11.3 Å². The van der Waals surface area contributed by atoms with Gasteiger partial charge in [0.25, 0.3) is 0 Å². The van der Waals surface area contributed by atoms with Crippen LogP contribution in [0.3, 0.4) is 0 Å². The second-order valence-electron chi connectivity index (χ2n) is 3.85. The molecule has 2 rings (SSSR count). The molecule has 2 aromatic rings. The fraction of sp³-hybridized carbons (Fsp3) is 0.133. The Labute approximate surface area is 125 Å². The lowest BCUT2D eigenvalue weighted by atomic mass is 10.1. The molecule has 0 aliphatic rings. The Hall–Kier alpha value is -1.44. The van der Waals surface area contributed by atoms with Crippen LogP contribution in [0.1, 0.15) is 11.1 Å². The van der Waals surface area contributed by atoms with Crippen molar-refractivity contribution < 1.29 is 4.74 Å². The van der Waals surface area contributed by atoms with Gasteiger partial charge in [-0.3, -0.25) is 0 Å². The predicted octanol–water partition coefficient (Wildman–Crippen LogP) is 4.62. The van der Waals surface area contributed by atoms with E-state index in [2.05, 4.69) is 22.0 Å². The lowest BCUT2D eigenvalue weighted by molar-refractivity contribution is 0.298. The maximum Gasteiger partial charge on any atom is 0.133 e. The van der Waals surface area contributed by atoms with Crippen LogP contribution in [-0.2, 0) is 6.61 Å². The van der Waals surface area contributed by atoms with Gasteiger partial charge in [-0.05, 0) is 30.5 Å². The fourth-order valence-electron chi connectivity index (χ4n) is 1.67. The number of nitriles is 1. The van der Waals surface area contributed by atoms with Gasteiger partial charge in [0, 0.05) is 10.0 Å². The molecular formula is C15H12BrNOS. The van der Waals surface area contributed by atoms with Crippen LogP contribution in [0.15, 0.2) is 51.8 Å². The van der Waals surface area contributed by atoms with Crippen LogP contribution < -0.4 is 4.74 Å². The van der Waals surface area contributed by atoms with Crippen LogP contribution in [0.2, 0.25) is 0 Å². The van der Waals surface area contributed by atoms with Crippen molar-refractivity contribution in [2.24, 2.45) is 0 Å². The molecule has 4 heteroatoms. The third-order valence-electron chi connectivity index (χ3n) is 2.65. The minimum Gasteiger partial charge on any atom is -0.488 e. The summed E-state index contributed by atoms with van der Waals surface area (Å²) in [4.78, 5) is 1.07. The predicted molar refractivity (Wildman–Crippen MR) is 81.4 cm³/mol. The maximum atomic E-state index is 9.04. The van der Waals surface area contributed by atoms with Crippen LogP contribution in [0.5, 0.6) is 5.75 Å². The van der Waals surface area contributed by atoms with Gasteiger partial charge in [0.1, 0.15) is 12.4 Å². The molecule has 19 heavy (non-hydrogen) atoms. The number of rotatable bonds is 4. The molecule has 0 fully saturated rings. The molecule has 0 saturated heterocycles.